The number of benzene rings is 1. The average Bonchev–Trinajstić information content (AvgIpc) is 2.53. The summed E-state index contributed by atoms with van der Waals surface area (Å²) < 4.78 is 17.5. The van der Waals surface area contributed by atoms with Gasteiger partial charge in [-0.2, -0.15) is 0 Å². The van der Waals surface area contributed by atoms with Crippen LogP contribution in [0.3, 0.4) is 0 Å². The first kappa shape index (κ1) is 7.72. The van der Waals surface area contributed by atoms with Crippen LogP contribution in [0, 0.1) is 5.82 Å². The van der Waals surface area contributed by atoms with E-state index in [-0.39, 0.29) is 16.5 Å². The van der Waals surface area contributed by atoms with Crippen LogP contribution in [0.25, 0.3) is 11.0 Å². The third kappa shape index (κ3) is 1.05. The van der Waals surface area contributed by atoms with Gasteiger partial charge in [-0.05, 0) is 12.1 Å². The van der Waals surface area contributed by atoms with E-state index in [2.05, 4.69) is 9.68 Å². The Kier molecular flexibility index (Phi) is 1.51. The second-order valence-electron chi connectivity index (χ2n) is 2.47. The minimum Gasteiger partial charge on any atom is -0.478 e. The summed E-state index contributed by atoms with van der Waals surface area (Å²) in [6.07, 6.45) is 1.18. The Hall–Kier alpha value is -1.91. The molecule has 2 rings (SSSR count). The minimum absolute atomic E-state index is 0.0161. The van der Waals surface area contributed by atoms with Crippen molar-refractivity contribution < 1.29 is 18.8 Å². The van der Waals surface area contributed by atoms with Crippen molar-refractivity contribution in [1.82, 2.24) is 5.16 Å². The maximum atomic E-state index is 12.9. The van der Waals surface area contributed by atoms with Gasteiger partial charge in [-0.15, -0.1) is 0 Å². The third-order valence-corrected chi connectivity index (χ3v) is 1.70. The van der Waals surface area contributed by atoms with Gasteiger partial charge in [0.25, 0.3) is 0 Å². The molecule has 0 saturated heterocycles. The fourth-order valence-corrected chi connectivity index (χ4v) is 1.11. The zero-order valence-corrected chi connectivity index (χ0v) is 6.32. The standard InChI is InChI=1S/C8H4FNO3/c9-6-2-1-4(8(11)12)5-3-10-13-7(5)6/h1-3H,(H,11,12). The molecule has 2 aromatic rings. The van der Waals surface area contributed by atoms with E-state index in [0.29, 0.717) is 0 Å². The number of halogens is 1. The van der Waals surface area contributed by atoms with Gasteiger partial charge in [-0.3, -0.25) is 0 Å². The Labute approximate surface area is 71.6 Å². The first-order chi connectivity index (χ1) is 6.20. The summed E-state index contributed by atoms with van der Waals surface area (Å²) in [6.45, 7) is 0. The molecule has 1 aromatic heterocycles. The SMILES string of the molecule is O=C(O)c1ccc(F)c2oncc12. The van der Waals surface area contributed by atoms with Crippen LogP contribution >= 0.6 is 0 Å². The van der Waals surface area contributed by atoms with Gasteiger partial charge < -0.3 is 9.63 Å². The maximum absolute atomic E-state index is 12.9. The van der Waals surface area contributed by atoms with Crippen LogP contribution in [0.1, 0.15) is 10.4 Å². The molecule has 0 fully saturated rings. The van der Waals surface area contributed by atoms with E-state index in [4.69, 9.17) is 5.11 Å². The largest absolute Gasteiger partial charge is 0.478 e. The third-order valence-electron chi connectivity index (χ3n) is 1.70. The van der Waals surface area contributed by atoms with Crippen molar-refractivity contribution in [1.29, 1.82) is 0 Å². The van der Waals surface area contributed by atoms with Gasteiger partial charge in [0.05, 0.1) is 17.1 Å². The fourth-order valence-electron chi connectivity index (χ4n) is 1.11. The lowest BCUT2D eigenvalue weighted by atomic mass is 10.1. The molecular formula is C8H4FNO3. The number of carboxylic acids is 1. The summed E-state index contributed by atoms with van der Waals surface area (Å²) >= 11 is 0. The normalized spacial score (nSPS) is 10.5. The zero-order valence-electron chi connectivity index (χ0n) is 6.32. The van der Waals surface area contributed by atoms with Crippen LogP contribution in [0.15, 0.2) is 22.9 Å². The number of nitrogens with zero attached hydrogens (tertiary/aromatic N) is 1. The molecule has 0 unspecified atom stereocenters. The molecule has 0 bridgehead atoms. The lowest BCUT2D eigenvalue weighted by molar-refractivity contribution is 0.0699. The van der Waals surface area contributed by atoms with E-state index < -0.39 is 11.8 Å². The molecule has 1 heterocycles. The highest BCUT2D eigenvalue weighted by Gasteiger charge is 2.14. The second kappa shape index (κ2) is 2.55. The number of hydrogen-bond acceptors (Lipinski definition) is 3. The van der Waals surface area contributed by atoms with Crippen LogP contribution in [-0.2, 0) is 0 Å². The van der Waals surface area contributed by atoms with E-state index in [1.807, 2.05) is 0 Å². The summed E-state index contributed by atoms with van der Waals surface area (Å²) in [4.78, 5) is 10.6. The van der Waals surface area contributed by atoms with Gasteiger partial charge in [0.15, 0.2) is 5.82 Å². The summed E-state index contributed by atoms with van der Waals surface area (Å²) in [5.41, 5.74) is -0.141. The monoisotopic (exact) mass is 181 g/mol. The van der Waals surface area contributed by atoms with Crippen molar-refractivity contribution in [3.05, 3.63) is 29.7 Å². The van der Waals surface area contributed by atoms with Crippen molar-refractivity contribution >= 4 is 16.9 Å². The summed E-state index contributed by atoms with van der Waals surface area (Å²) in [7, 11) is 0. The molecule has 0 aliphatic heterocycles. The van der Waals surface area contributed by atoms with Gasteiger partial charge in [-0.25, -0.2) is 9.18 Å². The van der Waals surface area contributed by atoms with Gasteiger partial charge in [0, 0.05) is 0 Å². The molecule has 0 spiro atoms. The molecule has 13 heavy (non-hydrogen) atoms. The second-order valence-corrected chi connectivity index (χ2v) is 2.47. The molecule has 0 aliphatic carbocycles. The van der Waals surface area contributed by atoms with Crippen molar-refractivity contribution in [2.75, 3.05) is 0 Å². The van der Waals surface area contributed by atoms with Crippen LogP contribution in [0.5, 0.6) is 0 Å². The number of aromatic carboxylic acids is 1. The predicted octanol–water partition coefficient (Wildman–Crippen LogP) is 1.67. The van der Waals surface area contributed by atoms with Gasteiger partial charge in [0.2, 0.25) is 5.58 Å². The number of hydrogen-bond donors (Lipinski definition) is 1. The molecule has 4 nitrogen and oxygen atoms in total. The van der Waals surface area contributed by atoms with Crippen LogP contribution in [0.2, 0.25) is 0 Å². The number of aromatic nitrogens is 1. The summed E-state index contributed by atoms with van der Waals surface area (Å²) in [6, 6.07) is 2.22. The molecule has 0 radical (unpaired) electrons. The van der Waals surface area contributed by atoms with Crippen molar-refractivity contribution in [2.45, 2.75) is 0 Å². The molecule has 5 heteroatoms. The lowest BCUT2D eigenvalue weighted by Gasteiger charge is -1.94. The van der Waals surface area contributed by atoms with Crippen molar-refractivity contribution in [3.63, 3.8) is 0 Å². The molecule has 0 atom stereocenters. The molecule has 1 N–H and O–H groups in total. The van der Waals surface area contributed by atoms with Crippen LogP contribution < -0.4 is 0 Å². The summed E-state index contributed by atoms with van der Waals surface area (Å²) in [5, 5.41) is 12.2. The Morgan fingerprint density at radius 1 is 1.54 bits per heavy atom. The molecular weight excluding hydrogens is 177 g/mol. The van der Waals surface area contributed by atoms with Crippen LogP contribution in [-0.4, -0.2) is 16.2 Å². The van der Waals surface area contributed by atoms with E-state index >= 15 is 0 Å². The van der Waals surface area contributed by atoms with Gasteiger partial charge >= 0.3 is 5.97 Å². The molecule has 66 valence electrons. The number of carboxylic acid groups (broad SMARTS) is 1. The van der Waals surface area contributed by atoms with Crippen molar-refractivity contribution in [3.8, 4) is 0 Å². The first-order valence-electron chi connectivity index (χ1n) is 3.46. The zero-order chi connectivity index (χ0) is 9.42. The van der Waals surface area contributed by atoms with E-state index in [1.165, 1.54) is 12.3 Å². The number of fused-ring (bicyclic) bond motifs is 1. The topological polar surface area (TPSA) is 63.3 Å². The Bertz CT molecular complexity index is 477. The van der Waals surface area contributed by atoms with Gasteiger partial charge in [0.1, 0.15) is 0 Å². The highest BCUT2D eigenvalue weighted by molar-refractivity contribution is 6.01. The Morgan fingerprint density at radius 3 is 3.00 bits per heavy atom. The average molecular weight is 181 g/mol. The number of carbonyl (C=O) groups is 1. The van der Waals surface area contributed by atoms with Crippen molar-refractivity contribution in [2.24, 2.45) is 0 Å². The lowest BCUT2D eigenvalue weighted by Crippen LogP contribution is -1.96. The quantitative estimate of drug-likeness (QED) is 0.726. The van der Waals surface area contributed by atoms with Gasteiger partial charge in [-0.1, -0.05) is 5.16 Å². The van der Waals surface area contributed by atoms with E-state index in [0.717, 1.165) is 6.07 Å². The maximum Gasteiger partial charge on any atom is 0.336 e. The number of rotatable bonds is 1. The smallest absolute Gasteiger partial charge is 0.336 e. The van der Waals surface area contributed by atoms with E-state index in [9.17, 15) is 9.18 Å². The Balaban J connectivity index is 2.86. The predicted molar refractivity (Wildman–Crippen MR) is 40.9 cm³/mol. The molecule has 0 amide bonds. The fraction of sp³-hybridized carbons (Fsp3) is 0. The minimum atomic E-state index is -1.13. The van der Waals surface area contributed by atoms with Crippen LogP contribution in [0.4, 0.5) is 4.39 Å². The highest BCUT2D eigenvalue weighted by Crippen LogP contribution is 2.21. The highest BCUT2D eigenvalue weighted by atomic mass is 19.1. The summed E-state index contributed by atoms with van der Waals surface area (Å²) in [5.74, 6) is -1.74. The van der Waals surface area contributed by atoms with E-state index in [1.54, 1.807) is 0 Å². The molecule has 0 saturated carbocycles. The molecule has 0 aliphatic rings. The Morgan fingerprint density at radius 2 is 2.31 bits per heavy atom. The molecule has 1 aromatic carbocycles. The first-order valence-corrected chi connectivity index (χ1v) is 3.46.